The standard InChI is InChI=1S/C28H30O5/c1-4-30-23-14-12-22(27(18-23)32-6-3)13-17-26(29)25-16-15-24(31-5-2)19-28(25)33-20-21-10-8-7-9-11-21/h7-19H,4-6,20H2,1-3H3. The molecule has 0 spiro atoms. The topological polar surface area (TPSA) is 54.0 Å². The molecule has 0 saturated heterocycles. The zero-order chi connectivity index (χ0) is 23.5. The highest BCUT2D eigenvalue weighted by molar-refractivity contribution is 6.08. The molecule has 33 heavy (non-hydrogen) atoms. The first-order chi connectivity index (χ1) is 16.1. The molecule has 3 aromatic carbocycles. The summed E-state index contributed by atoms with van der Waals surface area (Å²) in [6.07, 6.45) is 3.28. The van der Waals surface area contributed by atoms with Gasteiger partial charge in [0, 0.05) is 17.7 Å². The summed E-state index contributed by atoms with van der Waals surface area (Å²) in [6, 6.07) is 20.7. The van der Waals surface area contributed by atoms with E-state index in [4.69, 9.17) is 18.9 Å². The second kappa shape index (κ2) is 12.3. The molecular weight excluding hydrogens is 416 g/mol. The van der Waals surface area contributed by atoms with Gasteiger partial charge < -0.3 is 18.9 Å². The van der Waals surface area contributed by atoms with E-state index in [0.29, 0.717) is 49.2 Å². The Kier molecular flexibility index (Phi) is 8.95. The van der Waals surface area contributed by atoms with E-state index in [1.807, 2.05) is 69.3 Å². The van der Waals surface area contributed by atoms with Crippen molar-refractivity contribution < 1.29 is 23.7 Å². The molecular formula is C28H30O5. The van der Waals surface area contributed by atoms with Gasteiger partial charge in [-0.25, -0.2) is 0 Å². The van der Waals surface area contributed by atoms with Crippen LogP contribution in [0.1, 0.15) is 42.3 Å². The lowest BCUT2D eigenvalue weighted by Crippen LogP contribution is -2.04. The maximum Gasteiger partial charge on any atom is 0.189 e. The monoisotopic (exact) mass is 446 g/mol. The number of carbonyl (C=O) groups excluding carboxylic acids is 1. The molecule has 0 bridgehead atoms. The van der Waals surface area contributed by atoms with Gasteiger partial charge in [0.05, 0.1) is 25.4 Å². The number of allylic oxidation sites excluding steroid dienone is 1. The zero-order valence-corrected chi connectivity index (χ0v) is 19.4. The molecule has 5 nitrogen and oxygen atoms in total. The van der Waals surface area contributed by atoms with Gasteiger partial charge in [-0.3, -0.25) is 4.79 Å². The van der Waals surface area contributed by atoms with Crippen molar-refractivity contribution in [3.63, 3.8) is 0 Å². The van der Waals surface area contributed by atoms with Crippen LogP contribution in [0.25, 0.3) is 6.08 Å². The molecule has 0 saturated carbocycles. The van der Waals surface area contributed by atoms with Crippen LogP contribution in [-0.2, 0) is 6.61 Å². The highest BCUT2D eigenvalue weighted by Crippen LogP contribution is 2.29. The first-order valence-electron chi connectivity index (χ1n) is 11.2. The van der Waals surface area contributed by atoms with Crippen LogP contribution < -0.4 is 18.9 Å². The van der Waals surface area contributed by atoms with Crippen LogP contribution in [0.4, 0.5) is 0 Å². The van der Waals surface area contributed by atoms with Gasteiger partial charge in [0.1, 0.15) is 29.6 Å². The number of hydrogen-bond acceptors (Lipinski definition) is 5. The Morgan fingerprint density at radius 3 is 2.03 bits per heavy atom. The Morgan fingerprint density at radius 2 is 1.36 bits per heavy atom. The molecule has 0 amide bonds. The van der Waals surface area contributed by atoms with Crippen LogP contribution in [0.3, 0.4) is 0 Å². The van der Waals surface area contributed by atoms with E-state index < -0.39 is 0 Å². The second-order valence-electron chi connectivity index (χ2n) is 7.13. The number of benzene rings is 3. The van der Waals surface area contributed by atoms with Gasteiger partial charge in [-0.15, -0.1) is 0 Å². The molecule has 0 aliphatic carbocycles. The van der Waals surface area contributed by atoms with Crippen molar-refractivity contribution in [1.29, 1.82) is 0 Å². The summed E-state index contributed by atoms with van der Waals surface area (Å²) in [7, 11) is 0. The van der Waals surface area contributed by atoms with Crippen molar-refractivity contribution in [2.24, 2.45) is 0 Å². The van der Waals surface area contributed by atoms with Gasteiger partial charge in [-0.2, -0.15) is 0 Å². The fraction of sp³-hybridized carbons (Fsp3) is 0.250. The molecule has 0 fully saturated rings. The quantitative estimate of drug-likeness (QED) is 0.239. The van der Waals surface area contributed by atoms with Gasteiger partial charge in [0.15, 0.2) is 5.78 Å². The van der Waals surface area contributed by atoms with Crippen molar-refractivity contribution >= 4 is 11.9 Å². The van der Waals surface area contributed by atoms with Gasteiger partial charge in [-0.05, 0) is 62.8 Å². The summed E-state index contributed by atoms with van der Waals surface area (Å²) in [6.45, 7) is 7.74. The zero-order valence-electron chi connectivity index (χ0n) is 19.4. The molecule has 3 aromatic rings. The maximum atomic E-state index is 13.1. The van der Waals surface area contributed by atoms with E-state index in [9.17, 15) is 4.79 Å². The molecule has 5 heteroatoms. The van der Waals surface area contributed by atoms with Crippen LogP contribution in [0.2, 0.25) is 0 Å². The number of carbonyl (C=O) groups is 1. The average Bonchev–Trinajstić information content (AvgIpc) is 2.83. The number of rotatable bonds is 12. The summed E-state index contributed by atoms with van der Waals surface area (Å²) < 4.78 is 22.9. The molecule has 0 atom stereocenters. The van der Waals surface area contributed by atoms with Crippen molar-refractivity contribution in [3.8, 4) is 23.0 Å². The smallest absolute Gasteiger partial charge is 0.189 e. The van der Waals surface area contributed by atoms with E-state index in [0.717, 1.165) is 16.9 Å². The Balaban J connectivity index is 1.84. The lowest BCUT2D eigenvalue weighted by Gasteiger charge is -2.13. The normalized spacial score (nSPS) is 10.8. The molecule has 0 aromatic heterocycles. The van der Waals surface area contributed by atoms with Crippen LogP contribution >= 0.6 is 0 Å². The molecule has 0 aliphatic heterocycles. The SMILES string of the molecule is CCOc1ccc(C=CC(=O)c2ccc(OCC)cc2OCc2ccccc2)c(OCC)c1. The molecule has 0 radical (unpaired) electrons. The second-order valence-corrected chi connectivity index (χ2v) is 7.13. The molecule has 0 aliphatic rings. The Morgan fingerprint density at radius 1 is 0.727 bits per heavy atom. The van der Waals surface area contributed by atoms with Crippen LogP contribution in [-0.4, -0.2) is 25.6 Å². The van der Waals surface area contributed by atoms with Crippen molar-refractivity contribution in [1.82, 2.24) is 0 Å². The van der Waals surface area contributed by atoms with E-state index in [1.54, 1.807) is 24.3 Å². The van der Waals surface area contributed by atoms with Gasteiger partial charge in [-0.1, -0.05) is 30.3 Å². The minimum Gasteiger partial charge on any atom is -0.494 e. The first kappa shape index (κ1) is 23.9. The number of hydrogen-bond donors (Lipinski definition) is 0. The van der Waals surface area contributed by atoms with Crippen LogP contribution in [0.15, 0.2) is 72.8 Å². The first-order valence-corrected chi connectivity index (χ1v) is 11.2. The van der Waals surface area contributed by atoms with E-state index in [-0.39, 0.29) is 5.78 Å². The van der Waals surface area contributed by atoms with Crippen molar-refractivity contribution in [2.75, 3.05) is 19.8 Å². The van der Waals surface area contributed by atoms with Gasteiger partial charge in [0.2, 0.25) is 0 Å². The van der Waals surface area contributed by atoms with Crippen LogP contribution in [0, 0.1) is 0 Å². The van der Waals surface area contributed by atoms with Gasteiger partial charge >= 0.3 is 0 Å². The summed E-state index contributed by atoms with van der Waals surface area (Å²) in [5.74, 6) is 2.37. The number of ether oxygens (including phenoxy) is 4. The lowest BCUT2D eigenvalue weighted by atomic mass is 10.1. The minimum atomic E-state index is -0.169. The summed E-state index contributed by atoms with van der Waals surface area (Å²) in [5, 5.41) is 0. The molecule has 172 valence electrons. The van der Waals surface area contributed by atoms with Gasteiger partial charge in [0.25, 0.3) is 0 Å². The third-order valence-electron chi connectivity index (χ3n) is 4.78. The van der Waals surface area contributed by atoms with Crippen molar-refractivity contribution in [2.45, 2.75) is 27.4 Å². The predicted octanol–water partition coefficient (Wildman–Crippen LogP) is 6.36. The van der Waals surface area contributed by atoms with E-state index in [2.05, 4.69) is 0 Å². The minimum absolute atomic E-state index is 0.169. The highest BCUT2D eigenvalue weighted by Gasteiger charge is 2.13. The number of ketones is 1. The van der Waals surface area contributed by atoms with E-state index >= 15 is 0 Å². The Hall–Kier alpha value is -3.73. The largest absolute Gasteiger partial charge is 0.494 e. The molecule has 0 N–H and O–H groups in total. The third-order valence-corrected chi connectivity index (χ3v) is 4.78. The molecule has 0 heterocycles. The highest BCUT2D eigenvalue weighted by atomic mass is 16.5. The molecule has 0 unspecified atom stereocenters. The fourth-order valence-electron chi connectivity index (χ4n) is 3.26. The summed E-state index contributed by atoms with van der Waals surface area (Å²) in [5.41, 5.74) is 2.28. The Bertz CT molecular complexity index is 1070. The summed E-state index contributed by atoms with van der Waals surface area (Å²) in [4.78, 5) is 13.1. The fourth-order valence-corrected chi connectivity index (χ4v) is 3.26. The van der Waals surface area contributed by atoms with Crippen molar-refractivity contribution in [3.05, 3.63) is 89.5 Å². The maximum absolute atomic E-state index is 13.1. The lowest BCUT2D eigenvalue weighted by molar-refractivity contribution is 0.104. The summed E-state index contributed by atoms with van der Waals surface area (Å²) >= 11 is 0. The Labute approximate surface area is 195 Å². The average molecular weight is 447 g/mol. The van der Waals surface area contributed by atoms with E-state index in [1.165, 1.54) is 6.08 Å². The van der Waals surface area contributed by atoms with Crippen LogP contribution in [0.5, 0.6) is 23.0 Å². The predicted molar refractivity (Wildman–Crippen MR) is 131 cm³/mol. The molecule has 3 rings (SSSR count). The third kappa shape index (κ3) is 6.88.